The number of imidazole rings is 1. The third-order valence-electron chi connectivity index (χ3n) is 4.12. The highest BCUT2D eigenvalue weighted by molar-refractivity contribution is 6.61. The van der Waals surface area contributed by atoms with Crippen LogP contribution in [0.4, 0.5) is 0 Å². The van der Waals surface area contributed by atoms with Crippen LogP contribution in [0.1, 0.15) is 54.3 Å². The first-order valence-electron chi connectivity index (χ1n) is 6.86. The van der Waals surface area contributed by atoms with Gasteiger partial charge < -0.3 is 13.9 Å². The number of hydrogen-bond acceptors (Lipinski definition) is 3. The van der Waals surface area contributed by atoms with Gasteiger partial charge in [0.25, 0.3) is 0 Å². The van der Waals surface area contributed by atoms with Crippen molar-refractivity contribution in [1.82, 2.24) is 9.55 Å². The van der Waals surface area contributed by atoms with E-state index >= 15 is 0 Å². The quantitative estimate of drug-likeness (QED) is 0.730. The molecule has 0 amide bonds. The minimum atomic E-state index is -0.382. The van der Waals surface area contributed by atoms with Gasteiger partial charge in [0, 0.05) is 11.7 Å². The molecule has 0 atom stereocenters. The molecule has 0 bridgehead atoms. The summed E-state index contributed by atoms with van der Waals surface area (Å²) in [7, 11) is -0.382. The molecule has 1 fully saturated rings. The Labute approximate surface area is 116 Å². The van der Waals surface area contributed by atoms with Crippen molar-refractivity contribution >= 4 is 12.7 Å². The standard InChI is InChI=1S/C14H25BN2O2/c1-10-16-11(9-17(10)12(2,3)4)15-18-13(5,6)14(7,8)19-15/h9H,1-8H3. The molecule has 4 nitrogen and oxygen atoms in total. The summed E-state index contributed by atoms with van der Waals surface area (Å²) in [6.07, 6.45) is 2.04. The molecule has 106 valence electrons. The molecule has 0 saturated carbocycles. The zero-order valence-electron chi connectivity index (χ0n) is 13.4. The highest BCUT2D eigenvalue weighted by Gasteiger charge is 2.52. The average molecular weight is 264 g/mol. The molecule has 1 aromatic heterocycles. The molecule has 2 heterocycles. The Bertz CT molecular complexity index is 470. The molecule has 0 N–H and O–H groups in total. The second-order valence-electron chi connectivity index (χ2n) is 7.34. The van der Waals surface area contributed by atoms with Crippen LogP contribution in [0.15, 0.2) is 6.20 Å². The van der Waals surface area contributed by atoms with Crippen LogP contribution in [0.3, 0.4) is 0 Å². The normalized spacial score (nSPS) is 22.0. The topological polar surface area (TPSA) is 36.3 Å². The summed E-state index contributed by atoms with van der Waals surface area (Å²) in [6, 6.07) is 0. The number of aromatic nitrogens is 2. The van der Waals surface area contributed by atoms with Crippen molar-refractivity contribution in [3.63, 3.8) is 0 Å². The number of nitrogens with zero attached hydrogens (tertiary/aromatic N) is 2. The van der Waals surface area contributed by atoms with Crippen LogP contribution in [0, 0.1) is 6.92 Å². The molecular formula is C14H25BN2O2. The summed E-state index contributed by atoms with van der Waals surface area (Å²) in [5.41, 5.74) is 0.221. The van der Waals surface area contributed by atoms with E-state index in [0.717, 1.165) is 11.4 Å². The maximum Gasteiger partial charge on any atom is 0.516 e. The summed E-state index contributed by atoms with van der Waals surface area (Å²) in [5.74, 6) is 0.984. The lowest BCUT2D eigenvalue weighted by Crippen LogP contribution is -2.41. The Balaban J connectivity index is 2.31. The fourth-order valence-corrected chi connectivity index (χ4v) is 2.25. The Morgan fingerprint density at radius 3 is 1.95 bits per heavy atom. The van der Waals surface area contributed by atoms with Crippen molar-refractivity contribution in [2.45, 2.75) is 72.1 Å². The summed E-state index contributed by atoms with van der Waals surface area (Å²) in [4.78, 5) is 4.60. The second-order valence-corrected chi connectivity index (χ2v) is 7.34. The van der Waals surface area contributed by atoms with Gasteiger partial charge in [0.2, 0.25) is 0 Å². The second kappa shape index (κ2) is 4.09. The summed E-state index contributed by atoms with van der Waals surface area (Å²) < 4.78 is 14.2. The van der Waals surface area contributed by atoms with E-state index in [2.05, 4.69) is 58.0 Å². The predicted octanol–water partition coefficient (Wildman–Crippen LogP) is 2.25. The third kappa shape index (κ3) is 2.46. The van der Waals surface area contributed by atoms with Gasteiger partial charge in [-0.25, -0.2) is 4.98 Å². The van der Waals surface area contributed by atoms with Crippen LogP contribution in [0.2, 0.25) is 0 Å². The van der Waals surface area contributed by atoms with E-state index in [0.29, 0.717) is 0 Å². The van der Waals surface area contributed by atoms with Crippen molar-refractivity contribution in [1.29, 1.82) is 0 Å². The van der Waals surface area contributed by atoms with Crippen LogP contribution >= 0.6 is 0 Å². The van der Waals surface area contributed by atoms with E-state index in [-0.39, 0.29) is 23.9 Å². The van der Waals surface area contributed by atoms with Crippen molar-refractivity contribution in [2.24, 2.45) is 0 Å². The highest BCUT2D eigenvalue weighted by atomic mass is 16.7. The fourth-order valence-electron chi connectivity index (χ4n) is 2.25. The van der Waals surface area contributed by atoms with Gasteiger partial charge in [0.05, 0.1) is 16.8 Å². The maximum absolute atomic E-state index is 6.03. The van der Waals surface area contributed by atoms with Gasteiger partial charge in [-0.05, 0) is 55.4 Å². The molecule has 19 heavy (non-hydrogen) atoms. The van der Waals surface area contributed by atoms with Crippen molar-refractivity contribution in [3.8, 4) is 0 Å². The zero-order chi connectivity index (χ0) is 14.6. The first kappa shape index (κ1) is 14.6. The Morgan fingerprint density at radius 1 is 1.11 bits per heavy atom. The molecule has 1 aliphatic rings. The predicted molar refractivity (Wildman–Crippen MR) is 77.7 cm³/mol. The van der Waals surface area contributed by atoms with E-state index in [1.54, 1.807) is 0 Å². The molecule has 0 aromatic carbocycles. The number of aryl methyl sites for hydroxylation is 1. The molecule has 0 spiro atoms. The van der Waals surface area contributed by atoms with E-state index in [1.807, 2.05) is 13.1 Å². The minimum absolute atomic E-state index is 0.0129. The smallest absolute Gasteiger partial charge is 0.398 e. The monoisotopic (exact) mass is 264 g/mol. The van der Waals surface area contributed by atoms with Crippen molar-refractivity contribution in [2.75, 3.05) is 0 Å². The van der Waals surface area contributed by atoms with Crippen LogP contribution in [-0.2, 0) is 14.8 Å². The summed E-state index contributed by atoms with van der Waals surface area (Å²) in [5, 5.41) is 0. The third-order valence-corrected chi connectivity index (χ3v) is 4.12. The molecule has 0 aliphatic carbocycles. The highest BCUT2D eigenvalue weighted by Crippen LogP contribution is 2.36. The van der Waals surface area contributed by atoms with Gasteiger partial charge in [0.1, 0.15) is 5.82 Å². The van der Waals surface area contributed by atoms with Gasteiger partial charge in [0.15, 0.2) is 0 Å². The minimum Gasteiger partial charge on any atom is -0.398 e. The molecule has 1 aliphatic heterocycles. The van der Waals surface area contributed by atoms with Gasteiger partial charge in [-0.2, -0.15) is 0 Å². The Hall–Kier alpha value is -0.805. The van der Waals surface area contributed by atoms with Crippen LogP contribution in [0.25, 0.3) is 0 Å². The lowest BCUT2D eigenvalue weighted by Gasteiger charge is -2.32. The van der Waals surface area contributed by atoms with Gasteiger partial charge in [-0.3, -0.25) is 0 Å². The van der Waals surface area contributed by atoms with Crippen LogP contribution in [0.5, 0.6) is 0 Å². The van der Waals surface area contributed by atoms with Crippen LogP contribution in [-0.4, -0.2) is 27.9 Å². The summed E-state index contributed by atoms with van der Waals surface area (Å²) >= 11 is 0. The first-order valence-corrected chi connectivity index (χ1v) is 6.86. The molecule has 1 saturated heterocycles. The Kier molecular flexibility index (Phi) is 3.15. The van der Waals surface area contributed by atoms with E-state index < -0.39 is 0 Å². The first-order chi connectivity index (χ1) is 8.44. The largest absolute Gasteiger partial charge is 0.516 e. The maximum atomic E-state index is 6.03. The fraction of sp³-hybridized carbons (Fsp3) is 0.786. The molecule has 2 rings (SSSR count). The lowest BCUT2D eigenvalue weighted by atomic mass is 9.85. The molecule has 1 aromatic rings. The number of rotatable bonds is 1. The van der Waals surface area contributed by atoms with E-state index in [1.165, 1.54) is 0 Å². The lowest BCUT2D eigenvalue weighted by molar-refractivity contribution is 0.00578. The van der Waals surface area contributed by atoms with Gasteiger partial charge in [-0.15, -0.1) is 0 Å². The summed E-state index contributed by atoms with van der Waals surface area (Å²) in [6.45, 7) is 16.7. The van der Waals surface area contributed by atoms with E-state index in [9.17, 15) is 0 Å². The molecular weight excluding hydrogens is 239 g/mol. The zero-order valence-corrected chi connectivity index (χ0v) is 13.4. The molecule has 0 unspecified atom stereocenters. The van der Waals surface area contributed by atoms with Crippen molar-refractivity contribution < 1.29 is 9.31 Å². The average Bonchev–Trinajstić information content (AvgIpc) is 2.65. The molecule has 5 heteroatoms. The SMILES string of the molecule is Cc1nc(B2OC(C)(C)C(C)(C)O2)cn1C(C)(C)C. The molecule has 0 radical (unpaired) electrons. The van der Waals surface area contributed by atoms with E-state index in [4.69, 9.17) is 9.31 Å². The van der Waals surface area contributed by atoms with Gasteiger partial charge >= 0.3 is 7.12 Å². The number of hydrogen-bond donors (Lipinski definition) is 0. The van der Waals surface area contributed by atoms with Crippen LogP contribution < -0.4 is 5.59 Å². The Morgan fingerprint density at radius 2 is 1.58 bits per heavy atom. The van der Waals surface area contributed by atoms with Gasteiger partial charge in [-0.1, -0.05) is 0 Å². The van der Waals surface area contributed by atoms with Crippen molar-refractivity contribution in [3.05, 3.63) is 12.0 Å².